The molecule has 10 heteroatoms. The minimum atomic E-state index is -0.768. The van der Waals surface area contributed by atoms with Crippen LogP contribution in [0.4, 0.5) is 17.2 Å². The quantitative estimate of drug-likeness (QED) is 0.642. The van der Waals surface area contributed by atoms with Gasteiger partial charge in [-0.25, -0.2) is 4.68 Å². The molecule has 0 bridgehead atoms. The Labute approximate surface area is 148 Å². The first-order valence-electron chi connectivity index (χ1n) is 8.24. The molecule has 0 aliphatic heterocycles. The average Bonchev–Trinajstić information content (AvgIpc) is 3.10. The molecule has 3 rings (SSSR count). The van der Waals surface area contributed by atoms with Crippen molar-refractivity contribution < 1.29 is 14.6 Å². The van der Waals surface area contributed by atoms with Gasteiger partial charge in [0.15, 0.2) is 0 Å². The predicted octanol–water partition coefficient (Wildman–Crippen LogP) is 3.46. The highest BCUT2D eigenvalue weighted by Crippen LogP contribution is 2.30. The fourth-order valence-electron chi connectivity index (χ4n) is 3.16. The van der Waals surface area contributed by atoms with Gasteiger partial charge in [-0.2, -0.15) is 5.10 Å². The molecule has 1 aliphatic rings. The molecule has 0 radical (unpaired) electrons. The van der Waals surface area contributed by atoms with E-state index in [1.165, 1.54) is 6.42 Å². The Hall–Kier alpha value is -3.30. The molecule has 0 spiro atoms. The molecule has 26 heavy (non-hydrogen) atoms. The number of non-ortho nitro benzene ring substituents is 2. The number of nitro groups is 2. The molecule has 1 N–H and O–H groups in total. The van der Waals surface area contributed by atoms with Crippen LogP contribution in [0.1, 0.15) is 48.5 Å². The van der Waals surface area contributed by atoms with Gasteiger partial charge in [0.05, 0.1) is 33.7 Å². The summed E-state index contributed by atoms with van der Waals surface area (Å²) in [6.07, 6.45) is 6.86. The molecule has 0 unspecified atom stereocenters. The smallest absolute Gasteiger partial charge is 0.277 e. The summed E-state index contributed by atoms with van der Waals surface area (Å²) in [7, 11) is 0. The van der Waals surface area contributed by atoms with E-state index in [9.17, 15) is 25.0 Å². The molecule has 1 saturated carbocycles. The first-order chi connectivity index (χ1) is 12.5. The minimum absolute atomic E-state index is 0.151. The molecule has 1 aliphatic carbocycles. The zero-order chi connectivity index (χ0) is 18.7. The summed E-state index contributed by atoms with van der Waals surface area (Å²) in [6.45, 7) is 0. The van der Waals surface area contributed by atoms with Crippen molar-refractivity contribution in [3.8, 4) is 0 Å². The maximum atomic E-state index is 12.5. The Morgan fingerprint density at radius 1 is 1.08 bits per heavy atom. The normalized spacial score (nSPS) is 14.8. The molecule has 2 aromatic rings. The SMILES string of the molecule is O=C(Nc1ccnn1C1CCCCC1)c1cc([N+](=O)[O-])cc([N+](=O)[O-])c1. The Morgan fingerprint density at radius 3 is 2.27 bits per heavy atom. The van der Waals surface area contributed by atoms with Crippen LogP contribution in [-0.2, 0) is 0 Å². The van der Waals surface area contributed by atoms with Gasteiger partial charge in [-0.15, -0.1) is 0 Å². The summed E-state index contributed by atoms with van der Waals surface area (Å²) in [4.78, 5) is 32.9. The Kier molecular flexibility index (Phi) is 4.92. The maximum absolute atomic E-state index is 12.5. The van der Waals surface area contributed by atoms with Gasteiger partial charge in [-0.1, -0.05) is 19.3 Å². The standard InChI is InChI=1S/C16H17N5O5/c22-16(11-8-13(20(23)24)10-14(9-11)21(25)26)18-15-6-7-17-19(15)12-4-2-1-3-5-12/h6-10,12H,1-5H2,(H,18,22). The van der Waals surface area contributed by atoms with Crippen LogP contribution in [-0.4, -0.2) is 25.5 Å². The van der Waals surface area contributed by atoms with Gasteiger partial charge >= 0.3 is 0 Å². The lowest BCUT2D eigenvalue weighted by Gasteiger charge is -2.23. The highest BCUT2D eigenvalue weighted by Gasteiger charge is 2.22. The van der Waals surface area contributed by atoms with Crippen molar-refractivity contribution in [2.45, 2.75) is 38.1 Å². The summed E-state index contributed by atoms with van der Waals surface area (Å²) in [5.74, 6) is -0.189. The number of hydrogen-bond acceptors (Lipinski definition) is 6. The van der Waals surface area contributed by atoms with Crippen LogP contribution in [0.2, 0.25) is 0 Å². The average molecular weight is 359 g/mol. The minimum Gasteiger partial charge on any atom is -0.307 e. The molecule has 1 amide bonds. The number of anilines is 1. The summed E-state index contributed by atoms with van der Waals surface area (Å²) in [5, 5.41) is 28.8. The number of amides is 1. The van der Waals surface area contributed by atoms with E-state index in [0.29, 0.717) is 5.82 Å². The molecular formula is C16H17N5O5. The molecule has 1 aromatic heterocycles. The van der Waals surface area contributed by atoms with Crippen LogP contribution in [0.25, 0.3) is 0 Å². The Morgan fingerprint density at radius 2 is 1.69 bits per heavy atom. The van der Waals surface area contributed by atoms with Crippen molar-refractivity contribution in [1.82, 2.24) is 9.78 Å². The molecule has 1 aromatic carbocycles. The number of hydrogen-bond donors (Lipinski definition) is 1. The van der Waals surface area contributed by atoms with E-state index in [0.717, 1.165) is 43.9 Å². The van der Waals surface area contributed by atoms with Crippen molar-refractivity contribution in [2.75, 3.05) is 5.32 Å². The number of rotatable bonds is 5. The zero-order valence-corrected chi connectivity index (χ0v) is 13.8. The third kappa shape index (κ3) is 3.68. The van der Waals surface area contributed by atoms with Gasteiger partial charge in [-0.05, 0) is 12.8 Å². The maximum Gasteiger partial charge on any atom is 0.277 e. The van der Waals surface area contributed by atoms with E-state index in [1.54, 1.807) is 16.9 Å². The van der Waals surface area contributed by atoms with Gasteiger partial charge in [0, 0.05) is 18.2 Å². The number of nitrogens with one attached hydrogen (secondary N) is 1. The lowest BCUT2D eigenvalue weighted by atomic mass is 9.96. The molecule has 0 saturated heterocycles. The molecule has 10 nitrogen and oxygen atoms in total. The van der Waals surface area contributed by atoms with Gasteiger partial charge in [0.2, 0.25) is 0 Å². The van der Waals surface area contributed by atoms with Crippen LogP contribution in [0, 0.1) is 20.2 Å². The first kappa shape index (κ1) is 17.5. The van der Waals surface area contributed by atoms with Crippen molar-refractivity contribution in [1.29, 1.82) is 0 Å². The lowest BCUT2D eigenvalue weighted by Crippen LogP contribution is -2.20. The van der Waals surface area contributed by atoms with Gasteiger partial charge in [0.25, 0.3) is 17.3 Å². The molecular weight excluding hydrogens is 342 g/mol. The summed E-state index contributed by atoms with van der Waals surface area (Å²) in [5.41, 5.74) is -1.17. The predicted molar refractivity (Wildman–Crippen MR) is 92.1 cm³/mol. The van der Waals surface area contributed by atoms with E-state index in [2.05, 4.69) is 10.4 Å². The van der Waals surface area contributed by atoms with Crippen LogP contribution in [0.15, 0.2) is 30.5 Å². The molecule has 136 valence electrons. The third-order valence-corrected chi connectivity index (χ3v) is 4.42. The second-order valence-electron chi connectivity index (χ2n) is 6.16. The van der Waals surface area contributed by atoms with E-state index >= 15 is 0 Å². The van der Waals surface area contributed by atoms with E-state index < -0.39 is 27.1 Å². The second-order valence-corrected chi connectivity index (χ2v) is 6.16. The Bertz CT molecular complexity index is 824. The fraction of sp³-hybridized carbons (Fsp3) is 0.375. The molecule has 1 heterocycles. The van der Waals surface area contributed by atoms with Crippen molar-refractivity contribution in [3.05, 3.63) is 56.3 Å². The third-order valence-electron chi connectivity index (χ3n) is 4.42. The number of nitrogens with zero attached hydrogens (tertiary/aromatic N) is 4. The van der Waals surface area contributed by atoms with Gasteiger partial charge in [-0.3, -0.25) is 25.0 Å². The highest BCUT2D eigenvalue weighted by atomic mass is 16.6. The molecule has 1 fully saturated rings. The topological polar surface area (TPSA) is 133 Å². The highest BCUT2D eigenvalue weighted by molar-refractivity contribution is 6.04. The van der Waals surface area contributed by atoms with E-state index in [-0.39, 0.29) is 11.6 Å². The summed E-state index contributed by atoms with van der Waals surface area (Å²) < 4.78 is 1.74. The zero-order valence-electron chi connectivity index (χ0n) is 13.8. The summed E-state index contributed by atoms with van der Waals surface area (Å²) >= 11 is 0. The van der Waals surface area contributed by atoms with Crippen molar-refractivity contribution in [2.24, 2.45) is 0 Å². The number of benzene rings is 1. The van der Waals surface area contributed by atoms with Crippen molar-refractivity contribution >= 4 is 23.1 Å². The van der Waals surface area contributed by atoms with Crippen LogP contribution in [0.3, 0.4) is 0 Å². The second kappa shape index (κ2) is 7.30. The van der Waals surface area contributed by atoms with Gasteiger partial charge < -0.3 is 5.32 Å². The van der Waals surface area contributed by atoms with Crippen LogP contribution >= 0.6 is 0 Å². The first-order valence-corrected chi connectivity index (χ1v) is 8.24. The fourth-order valence-corrected chi connectivity index (χ4v) is 3.16. The largest absolute Gasteiger partial charge is 0.307 e. The van der Waals surface area contributed by atoms with Crippen LogP contribution < -0.4 is 5.32 Å². The number of aromatic nitrogens is 2. The number of carbonyl (C=O) groups excluding carboxylic acids is 1. The number of carbonyl (C=O) groups is 1. The molecule has 0 atom stereocenters. The monoisotopic (exact) mass is 359 g/mol. The van der Waals surface area contributed by atoms with Crippen molar-refractivity contribution in [3.63, 3.8) is 0 Å². The number of nitro benzene ring substituents is 2. The Balaban J connectivity index is 1.86. The van der Waals surface area contributed by atoms with Gasteiger partial charge in [0.1, 0.15) is 5.82 Å². The van der Waals surface area contributed by atoms with E-state index in [1.807, 2.05) is 0 Å². The lowest BCUT2D eigenvalue weighted by molar-refractivity contribution is -0.394. The van der Waals surface area contributed by atoms with E-state index in [4.69, 9.17) is 0 Å². The van der Waals surface area contributed by atoms with Crippen LogP contribution in [0.5, 0.6) is 0 Å². The summed E-state index contributed by atoms with van der Waals surface area (Å²) in [6, 6.07) is 4.68.